The van der Waals surface area contributed by atoms with Crippen molar-refractivity contribution in [3.05, 3.63) is 39.4 Å². The van der Waals surface area contributed by atoms with Gasteiger partial charge in [0.05, 0.1) is 4.92 Å². The Morgan fingerprint density at radius 1 is 1.47 bits per heavy atom. The lowest BCUT2D eigenvalue weighted by Gasteiger charge is -2.09. The van der Waals surface area contributed by atoms with E-state index in [0.717, 1.165) is 18.5 Å². The van der Waals surface area contributed by atoms with Crippen LogP contribution < -0.4 is 5.32 Å². The number of rotatable bonds is 7. The number of aryl methyl sites for hydroxylation is 1. The zero-order valence-electron chi connectivity index (χ0n) is 11.5. The highest BCUT2D eigenvalue weighted by Gasteiger charge is 2.10. The summed E-state index contributed by atoms with van der Waals surface area (Å²) in [4.78, 5) is 10.5. The Morgan fingerprint density at radius 2 is 2.16 bits per heavy atom. The molecule has 0 aromatic heterocycles. The van der Waals surface area contributed by atoms with Crippen LogP contribution in [0.1, 0.15) is 24.5 Å². The monoisotopic (exact) mass is 284 g/mol. The van der Waals surface area contributed by atoms with Crippen LogP contribution in [-0.4, -0.2) is 27.2 Å². The van der Waals surface area contributed by atoms with E-state index in [1.54, 1.807) is 25.3 Å². The molecule has 6 heteroatoms. The van der Waals surface area contributed by atoms with Gasteiger partial charge in [-0.3, -0.25) is 14.3 Å². The van der Waals surface area contributed by atoms with Crippen LogP contribution in [-0.2, 0) is 17.3 Å². The summed E-state index contributed by atoms with van der Waals surface area (Å²) in [5.74, 6) is 0. The van der Waals surface area contributed by atoms with Gasteiger partial charge in [0.1, 0.15) is 0 Å². The van der Waals surface area contributed by atoms with Gasteiger partial charge in [-0.05, 0) is 25.5 Å². The molecule has 5 nitrogen and oxygen atoms in total. The molecule has 0 bridgehead atoms. The first kappa shape index (κ1) is 15.8. The summed E-state index contributed by atoms with van der Waals surface area (Å²) in [5, 5.41) is 14.2. The molecule has 1 aromatic carbocycles. The van der Waals surface area contributed by atoms with Gasteiger partial charge in [0, 0.05) is 40.5 Å². The number of nitro benzene ring substituents is 1. The predicted octanol–water partition coefficient (Wildman–Crippen LogP) is 2.15. The molecule has 0 spiro atoms. The van der Waals surface area contributed by atoms with Gasteiger partial charge in [-0.2, -0.15) is 0 Å². The highest BCUT2D eigenvalue weighted by atomic mass is 32.2. The highest BCUT2D eigenvalue weighted by molar-refractivity contribution is 7.84. The molecule has 0 aliphatic rings. The Morgan fingerprint density at radius 3 is 2.74 bits per heavy atom. The lowest BCUT2D eigenvalue weighted by molar-refractivity contribution is -0.385. The molecule has 0 saturated carbocycles. The minimum atomic E-state index is -0.801. The summed E-state index contributed by atoms with van der Waals surface area (Å²) in [7, 11) is -0.801. The standard InChI is InChI=1S/C13H20N2O3S/c1-10-4-5-12(8-13(10)15(16)17)9-14-7-6-11(2)19(3)18/h4-5,8,11,14H,6-7,9H2,1-3H3. The van der Waals surface area contributed by atoms with Gasteiger partial charge in [-0.15, -0.1) is 0 Å². The third-order valence-electron chi connectivity index (χ3n) is 3.09. The van der Waals surface area contributed by atoms with Crippen molar-refractivity contribution in [3.63, 3.8) is 0 Å². The molecule has 0 saturated heterocycles. The molecule has 2 atom stereocenters. The van der Waals surface area contributed by atoms with Gasteiger partial charge in [-0.1, -0.05) is 19.1 Å². The largest absolute Gasteiger partial charge is 0.313 e. The van der Waals surface area contributed by atoms with Crippen LogP contribution in [0, 0.1) is 17.0 Å². The SMILES string of the molecule is Cc1ccc(CNCCC(C)S(C)=O)cc1[N+](=O)[O-]. The van der Waals surface area contributed by atoms with Crippen molar-refractivity contribution >= 4 is 16.5 Å². The highest BCUT2D eigenvalue weighted by Crippen LogP contribution is 2.19. The molecular weight excluding hydrogens is 264 g/mol. The van der Waals surface area contributed by atoms with Gasteiger partial charge < -0.3 is 5.32 Å². The van der Waals surface area contributed by atoms with Crippen molar-refractivity contribution in [2.75, 3.05) is 12.8 Å². The molecule has 2 unspecified atom stereocenters. The smallest absolute Gasteiger partial charge is 0.272 e. The number of hydrogen-bond acceptors (Lipinski definition) is 4. The molecule has 1 rings (SSSR count). The second-order valence-corrected chi connectivity index (χ2v) is 6.45. The molecule has 0 radical (unpaired) electrons. The van der Waals surface area contributed by atoms with Crippen LogP contribution >= 0.6 is 0 Å². The Bertz CT molecular complexity index is 477. The van der Waals surface area contributed by atoms with E-state index in [1.165, 1.54) is 0 Å². The van der Waals surface area contributed by atoms with Gasteiger partial charge in [0.25, 0.3) is 5.69 Å². The van der Waals surface area contributed by atoms with E-state index >= 15 is 0 Å². The Kier molecular flexibility index (Phi) is 6.11. The second kappa shape index (κ2) is 7.35. The van der Waals surface area contributed by atoms with E-state index < -0.39 is 10.8 Å². The maximum atomic E-state index is 11.2. The summed E-state index contributed by atoms with van der Waals surface area (Å²) >= 11 is 0. The van der Waals surface area contributed by atoms with Crippen molar-refractivity contribution in [2.24, 2.45) is 0 Å². The molecule has 0 fully saturated rings. The van der Waals surface area contributed by atoms with Crippen molar-refractivity contribution < 1.29 is 9.13 Å². The van der Waals surface area contributed by atoms with Gasteiger partial charge in [0.2, 0.25) is 0 Å². The predicted molar refractivity (Wildman–Crippen MR) is 77.7 cm³/mol. The van der Waals surface area contributed by atoms with Crippen LogP contribution in [0.5, 0.6) is 0 Å². The fraction of sp³-hybridized carbons (Fsp3) is 0.538. The molecule has 1 N–H and O–H groups in total. The molecule has 0 aliphatic carbocycles. The minimum absolute atomic E-state index is 0.155. The summed E-state index contributed by atoms with van der Waals surface area (Å²) in [6.07, 6.45) is 2.53. The first-order chi connectivity index (χ1) is 8.91. The van der Waals surface area contributed by atoms with E-state index in [-0.39, 0.29) is 15.9 Å². The fourth-order valence-electron chi connectivity index (χ4n) is 1.67. The minimum Gasteiger partial charge on any atom is -0.313 e. The Labute approximate surface area is 116 Å². The molecule has 19 heavy (non-hydrogen) atoms. The number of hydrogen-bond donors (Lipinski definition) is 1. The number of nitro groups is 1. The third kappa shape index (κ3) is 5.08. The normalized spacial score (nSPS) is 14.1. The molecule has 0 amide bonds. The van der Waals surface area contributed by atoms with Crippen LogP contribution in [0.2, 0.25) is 0 Å². The molecule has 0 heterocycles. The van der Waals surface area contributed by atoms with E-state index in [9.17, 15) is 14.3 Å². The number of benzene rings is 1. The average molecular weight is 284 g/mol. The van der Waals surface area contributed by atoms with E-state index in [1.807, 2.05) is 13.0 Å². The molecule has 1 aromatic rings. The lowest BCUT2D eigenvalue weighted by atomic mass is 10.1. The van der Waals surface area contributed by atoms with Gasteiger partial charge >= 0.3 is 0 Å². The quantitative estimate of drug-likeness (QED) is 0.473. The summed E-state index contributed by atoms with van der Waals surface area (Å²) < 4.78 is 11.2. The number of nitrogens with zero attached hydrogens (tertiary/aromatic N) is 1. The molecular formula is C13H20N2O3S. The Hall–Kier alpha value is -1.27. The van der Waals surface area contributed by atoms with Gasteiger partial charge in [0.15, 0.2) is 0 Å². The summed E-state index contributed by atoms with van der Waals surface area (Å²) in [5.41, 5.74) is 1.72. The van der Waals surface area contributed by atoms with Crippen LogP contribution in [0.3, 0.4) is 0 Å². The zero-order chi connectivity index (χ0) is 14.4. The summed E-state index contributed by atoms with van der Waals surface area (Å²) in [6, 6.07) is 5.25. The maximum absolute atomic E-state index is 11.2. The first-order valence-corrected chi connectivity index (χ1v) is 7.80. The average Bonchev–Trinajstić information content (AvgIpc) is 2.35. The van der Waals surface area contributed by atoms with E-state index in [4.69, 9.17) is 0 Å². The van der Waals surface area contributed by atoms with Crippen molar-refractivity contribution in [2.45, 2.75) is 32.1 Å². The Balaban J connectivity index is 2.48. The van der Waals surface area contributed by atoms with Crippen molar-refractivity contribution in [1.29, 1.82) is 0 Å². The topological polar surface area (TPSA) is 72.2 Å². The maximum Gasteiger partial charge on any atom is 0.272 e. The van der Waals surface area contributed by atoms with Crippen LogP contribution in [0.25, 0.3) is 0 Å². The zero-order valence-corrected chi connectivity index (χ0v) is 12.3. The van der Waals surface area contributed by atoms with Crippen molar-refractivity contribution in [3.8, 4) is 0 Å². The summed E-state index contributed by atoms with van der Waals surface area (Å²) in [6.45, 7) is 5.02. The number of nitrogens with one attached hydrogen (secondary N) is 1. The molecule has 106 valence electrons. The second-order valence-electron chi connectivity index (χ2n) is 4.65. The third-order valence-corrected chi connectivity index (χ3v) is 4.46. The van der Waals surface area contributed by atoms with E-state index in [0.29, 0.717) is 12.1 Å². The first-order valence-electron chi connectivity index (χ1n) is 6.18. The lowest BCUT2D eigenvalue weighted by Crippen LogP contribution is -2.21. The van der Waals surface area contributed by atoms with E-state index in [2.05, 4.69) is 5.32 Å². The van der Waals surface area contributed by atoms with Crippen LogP contribution in [0.4, 0.5) is 5.69 Å². The fourth-order valence-corrected chi connectivity index (χ4v) is 2.12. The molecule has 0 aliphatic heterocycles. The van der Waals surface area contributed by atoms with Crippen LogP contribution in [0.15, 0.2) is 18.2 Å². The van der Waals surface area contributed by atoms with Gasteiger partial charge in [-0.25, -0.2) is 0 Å². The van der Waals surface area contributed by atoms with Crippen molar-refractivity contribution in [1.82, 2.24) is 5.32 Å².